The molecular formula is C21H18N2O5S. The summed E-state index contributed by atoms with van der Waals surface area (Å²) in [5.41, 5.74) is 0.890. The molecule has 1 saturated heterocycles. The number of benzene rings is 2. The fourth-order valence-corrected chi connectivity index (χ4v) is 3.04. The van der Waals surface area contributed by atoms with Gasteiger partial charge in [-0.2, -0.15) is 0 Å². The van der Waals surface area contributed by atoms with Gasteiger partial charge in [-0.25, -0.2) is 4.79 Å². The van der Waals surface area contributed by atoms with Gasteiger partial charge in [0.1, 0.15) is 11.3 Å². The summed E-state index contributed by atoms with van der Waals surface area (Å²) in [6.45, 7) is 3.76. The van der Waals surface area contributed by atoms with Crippen molar-refractivity contribution in [3.63, 3.8) is 0 Å². The number of aromatic carboxylic acids is 1. The molecule has 0 unspecified atom stereocenters. The summed E-state index contributed by atoms with van der Waals surface area (Å²) >= 11 is 5.15. The Hall–Kier alpha value is -3.52. The van der Waals surface area contributed by atoms with Crippen molar-refractivity contribution in [1.29, 1.82) is 0 Å². The Morgan fingerprint density at radius 2 is 1.79 bits per heavy atom. The first-order chi connectivity index (χ1) is 13.8. The number of nitrogens with one attached hydrogen (secondary N) is 1. The van der Waals surface area contributed by atoms with E-state index < -0.39 is 17.8 Å². The summed E-state index contributed by atoms with van der Waals surface area (Å²) in [4.78, 5) is 37.7. The highest BCUT2D eigenvalue weighted by molar-refractivity contribution is 7.80. The van der Waals surface area contributed by atoms with E-state index in [0.717, 1.165) is 4.90 Å². The van der Waals surface area contributed by atoms with Crippen LogP contribution >= 0.6 is 12.2 Å². The number of hydrogen-bond acceptors (Lipinski definition) is 5. The standard InChI is InChI=1S/C21H18N2O5S/c1-12(2)28-17-6-4-3-5-14(17)11-16-18(24)22-21(29)23(19(16)25)15-9-7-13(8-10-15)20(26)27/h3-12H,1-2H3,(H,26,27)(H,22,24,29)/b16-11+. The molecular weight excluding hydrogens is 392 g/mol. The molecule has 0 aromatic heterocycles. The molecule has 148 valence electrons. The minimum Gasteiger partial charge on any atom is -0.490 e. The highest BCUT2D eigenvalue weighted by Gasteiger charge is 2.34. The average Bonchev–Trinajstić information content (AvgIpc) is 2.66. The molecule has 2 aromatic carbocycles. The number of hydrogen-bond donors (Lipinski definition) is 2. The van der Waals surface area contributed by atoms with Gasteiger partial charge in [-0.05, 0) is 62.5 Å². The number of anilines is 1. The first-order valence-corrected chi connectivity index (χ1v) is 9.19. The second-order valence-electron chi connectivity index (χ2n) is 6.51. The zero-order chi connectivity index (χ0) is 21.1. The van der Waals surface area contributed by atoms with Crippen molar-refractivity contribution < 1.29 is 24.2 Å². The lowest BCUT2D eigenvalue weighted by Gasteiger charge is -2.29. The smallest absolute Gasteiger partial charge is 0.335 e. The molecule has 1 aliphatic heterocycles. The van der Waals surface area contributed by atoms with Crippen molar-refractivity contribution in [2.45, 2.75) is 20.0 Å². The molecule has 0 bridgehead atoms. The third kappa shape index (κ3) is 4.33. The Labute approximate surface area is 172 Å². The van der Waals surface area contributed by atoms with Gasteiger partial charge in [0.25, 0.3) is 11.8 Å². The van der Waals surface area contributed by atoms with Crippen LogP contribution in [0, 0.1) is 0 Å². The molecule has 7 nitrogen and oxygen atoms in total. The minimum absolute atomic E-state index is 0.0729. The van der Waals surface area contributed by atoms with Crippen molar-refractivity contribution >= 4 is 46.9 Å². The molecule has 0 aliphatic carbocycles. The Morgan fingerprint density at radius 3 is 2.41 bits per heavy atom. The van der Waals surface area contributed by atoms with Crippen LogP contribution in [-0.2, 0) is 9.59 Å². The van der Waals surface area contributed by atoms with Gasteiger partial charge < -0.3 is 9.84 Å². The second-order valence-corrected chi connectivity index (χ2v) is 6.90. The SMILES string of the molecule is CC(C)Oc1ccccc1/C=C1\C(=O)NC(=S)N(c2ccc(C(=O)O)cc2)C1=O. The summed E-state index contributed by atoms with van der Waals surface area (Å²) < 4.78 is 5.74. The zero-order valence-electron chi connectivity index (χ0n) is 15.7. The van der Waals surface area contributed by atoms with Crippen LogP contribution in [0.25, 0.3) is 6.08 Å². The molecule has 0 radical (unpaired) electrons. The number of ether oxygens (including phenoxy) is 1. The van der Waals surface area contributed by atoms with E-state index in [1.165, 1.54) is 30.3 Å². The lowest BCUT2D eigenvalue weighted by molar-refractivity contribution is -0.122. The van der Waals surface area contributed by atoms with E-state index in [1.54, 1.807) is 24.3 Å². The summed E-state index contributed by atoms with van der Waals surface area (Å²) in [7, 11) is 0. The summed E-state index contributed by atoms with van der Waals surface area (Å²) in [6.07, 6.45) is 1.37. The molecule has 1 aliphatic rings. The molecule has 2 amide bonds. The van der Waals surface area contributed by atoms with E-state index >= 15 is 0 Å². The van der Waals surface area contributed by atoms with E-state index in [2.05, 4.69) is 5.32 Å². The van der Waals surface area contributed by atoms with Crippen molar-refractivity contribution in [1.82, 2.24) is 5.32 Å². The molecule has 0 spiro atoms. The molecule has 3 rings (SSSR count). The number of rotatable bonds is 5. The predicted octanol–water partition coefficient (Wildman–Crippen LogP) is 3.00. The van der Waals surface area contributed by atoms with E-state index in [1.807, 2.05) is 13.8 Å². The predicted molar refractivity (Wildman–Crippen MR) is 112 cm³/mol. The number of amides is 2. The van der Waals surface area contributed by atoms with E-state index in [9.17, 15) is 14.4 Å². The number of carboxylic acids is 1. The monoisotopic (exact) mass is 410 g/mol. The van der Waals surface area contributed by atoms with Gasteiger partial charge in [0.05, 0.1) is 17.4 Å². The fourth-order valence-electron chi connectivity index (χ4n) is 2.76. The number of carboxylic acid groups (broad SMARTS) is 1. The largest absolute Gasteiger partial charge is 0.490 e. The highest BCUT2D eigenvalue weighted by Crippen LogP contribution is 2.26. The van der Waals surface area contributed by atoms with Crippen molar-refractivity contribution in [3.05, 3.63) is 65.2 Å². The number of thiocarbonyl (C=S) groups is 1. The molecule has 2 N–H and O–H groups in total. The van der Waals surface area contributed by atoms with Crippen molar-refractivity contribution in [3.8, 4) is 5.75 Å². The average molecular weight is 410 g/mol. The van der Waals surface area contributed by atoms with Crippen LogP contribution in [0.1, 0.15) is 29.8 Å². The maximum absolute atomic E-state index is 13.1. The van der Waals surface area contributed by atoms with E-state index in [-0.39, 0.29) is 22.4 Å². The second kappa shape index (κ2) is 8.24. The number of carbonyl (C=O) groups excluding carboxylic acids is 2. The van der Waals surface area contributed by atoms with Gasteiger partial charge in [0.2, 0.25) is 0 Å². The van der Waals surface area contributed by atoms with Crippen LogP contribution in [0.4, 0.5) is 5.69 Å². The maximum Gasteiger partial charge on any atom is 0.335 e. The molecule has 2 aromatic rings. The van der Waals surface area contributed by atoms with Crippen molar-refractivity contribution in [2.24, 2.45) is 0 Å². The normalized spacial score (nSPS) is 15.6. The van der Waals surface area contributed by atoms with Gasteiger partial charge in [-0.1, -0.05) is 18.2 Å². The first-order valence-electron chi connectivity index (χ1n) is 8.78. The first kappa shape index (κ1) is 20.2. The molecule has 0 saturated carbocycles. The number of carbonyl (C=O) groups is 3. The van der Waals surface area contributed by atoms with Gasteiger partial charge >= 0.3 is 5.97 Å². The maximum atomic E-state index is 13.1. The van der Waals surface area contributed by atoms with E-state index in [0.29, 0.717) is 17.0 Å². The van der Waals surface area contributed by atoms with E-state index in [4.69, 9.17) is 22.1 Å². The number of nitrogens with zero attached hydrogens (tertiary/aromatic N) is 1. The Balaban J connectivity index is 1.99. The Kier molecular flexibility index (Phi) is 5.74. The Morgan fingerprint density at radius 1 is 1.14 bits per heavy atom. The third-order valence-corrected chi connectivity index (χ3v) is 4.34. The van der Waals surface area contributed by atoms with Crippen LogP contribution in [0.2, 0.25) is 0 Å². The van der Waals surface area contributed by atoms with Gasteiger partial charge in [0.15, 0.2) is 5.11 Å². The topological polar surface area (TPSA) is 95.9 Å². The lowest BCUT2D eigenvalue weighted by Crippen LogP contribution is -2.54. The van der Waals surface area contributed by atoms with Gasteiger partial charge in [0, 0.05) is 5.56 Å². The van der Waals surface area contributed by atoms with Crippen LogP contribution in [0.5, 0.6) is 5.75 Å². The van der Waals surface area contributed by atoms with Crippen molar-refractivity contribution in [2.75, 3.05) is 4.90 Å². The van der Waals surface area contributed by atoms with Gasteiger partial charge in [-0.15, -0.1) is 0 Å². The third-order valence-electron chi connectivity index (χ3n) is 4.06. The molecule has 0 atom stereocenters. The summed E-state index contributed by atoms with van der Waals surface area (Å²) in [6, 6.07) is 12.7. The highest BCUT2D eigenvalue weighted by atomic mass is 32.1. The summed E-state index contributed by atoms with van der Waals surface area (Å²) in [5.74, 6) is -1.76. The lowest BCUT2D eigenvalue weighted by atomic mass is 10.1. The van der Waals surface area contributed by atoms with Crippen LogP contribution in [0.3, 0.4) is 0 Å². The van der Waals surface area contributed by atoms with Crippen LogP contribution < -0.4 is 15.0 Å². The Bertz CT molecular complexity index is 1030. The zero-order valence-corrected chi connectivity index (χ0v) is 16.5. The quantitative estimate of drug-likeness (QED) is 0.447. The molecule has 29 heavy (non-hydrogen) atoms. The molecule has 8 heteroatoms. The minimum atomic E-state index is -1.08. The van der Waals surface area contributed by atoms with Crippen LogP contribution in [0.15, 0.2) is 54.1 Å². The fraction of sp³-hybridized carbons (Fsp3) is 0.143. The molecule has 1 fully saturated rings. The van der Waals surface area contributed by atoms with Crippen LogP contribution in [-0.4, -0.2) is 34.1 Å². The molecule has 1 heterocycles. The number of para-hydroxylation sites is 1. The summed E-state index contributed by atoms with van der Waals surface area (Å²) in [5, 5.41) is 11.5. The van der Waals surface area contributed by atoms with Gasteiger partial charge in [-0.3, -0.25) is 19.8 Å².